The Morgan fingerprint density at radius 2 is 2.20 bits per heavy atom. The Bertz CT molecular complexity index is 220. The molecule has 1 aliphatic heterocycles. The molecule has 1 heterocycles. The summed E-state index contributed by atoms with van der Waals surface area (Å²) in [5.74, 6) is -0.928. The zero-order valence-electron chi connectivity index (χ0n) is 9.52. The van der Waals surface area contributed by atoms with Gasteiger partial charge in [0.1, 0.15) is 0 Å². The first-order valence-electron chi connectivity index (χ1n) is 5.70. The largest absolute Gasteiger partial charge is 0.481 e. The van der Waals surface area contributed by atoms with Gasteiger partial charge in [-0.05, 0) is 26.2 Å². The summed E-state index contributed by atoms with van der Waals surface area (Å²) in [6.45, 7) is 4.77. The van der Waals surface area contributed by atoms with E-state index in [1.165, 1.54) is 0 Å². The quantitative estimate of drug-likeness (QED) is 0.720. The van der Waals surface area contributed by atoms with Crippen LogP contribution in [0.1, 0.15) is 39.5 Å². The smallest absolute Gasteiger partial charge is 0.306 e. The zero-order valence-corrected chi connectivity index (χ0v) is 9.52. The molecule has 0 amide bonds. The van der Waals surface area contributed by atoms with Gasteiger partial charge in [0.15, 0.2) is 0 Å². The van der Waals surface area contributed by atoms with E-state index in [4.69, 9.17) is 5.11 Å². The molecule has 3 unspecified atom stereocenters. The Morgan fingerprint density at radius 3 is 2.73 bits per heavy atom. The van der Waals surface area contributed by atoms with Crippen LogP contribution in [-0.2, 0) is 4.79 Å². The Kier molecular flexibility index (Phi) is 4.54. The molecule has 0 aromatic rings. The lowest BCUT2D eigenvalue weighted by Crippen LogP contribution is -2.40. The molecule has 0 bridgehead atoms. The number of carbonyl (C=O) groups is 1. The predicted molar refractivity (Wildman–Crippen MR) is 57.7 cm³/mol. The molecule has 2 N–H and O–H groups in total. The summed E-state index contributed by atoms with van der Waals surface area (Å²) in [5.41, 5.74) is 0. The Balaban J connectivity index is 2.44. The maximum Gasteiger partial charge on any atom is 0.306 e. The van der Waals surface area contributed by atoms with Gasteiger partial charge >= 0.3 is 5.97 Å². The molecule has 1 fully saturated rings. The van der Waals surface area contributed by atoms with Crippen molar-refractivity contribution >= 4 is 5.97 Å². The third kappa shape index (κ3) is 3.47. The van der Waals surface area contributed by atoms with E-state index in [1.807, 2.05) is 0 Å². The fraction of sp³-hybridized carbons (Fsp3) is 0.909. The highest BCUT2D eigenvalue weighted by Gasteiger charge is 2.30. The van der Waals surface area contributed by atoms with E-state index in [2.05, 4.69) is 18.7 Å². The lowest BCUT2D eigenvalue weighted by atomic mass is 10.1. The molecular formula is C11H21NO3. The van der Waals surface area contributed by atoms with Gasteiger partial charge in [-0.3, -0.25) is 9.69 Å². The van der Waals surface area contributed by atoms with E-state index in [1.54, 1.807) is 0 Å². The van der Waals surface area contributed by atoms with Gasteiger partial charge in [-0.15, -0.1) is 0 Å². The number of aliphatic hydroxyl groups is 1. The zero-order chi connectivity index (χ0) is 11.4. The van der Waals surface area contributed by atoms with Gasteiger partial charge in [-0.1, -0.05) is 6.92 Å². The average Bonchev–Trinajstić information content (AvgIpc) is 2.46. The standard InChI is InChI=1S/C11H21NO3/c1-3-9-5-4-8(2)12(9)7-10(13)6-11(14)15/h8-10,13H,3-7H2,1-2H3,(H,14,15). The van der Waals surface area contributed by atoms with Crippen LogP contribution in [-0.4, -0.2) is 45.8 Å². The van der Waals surface area contributed by atoms with E-state index in [0.29, 0.717) is 18.6 Å². The van der Waals surface area contributed by atoms with Gasteiger partial charge in [0, 0.05) is 18.6 Å². The van der Waals surface area contributed by atoms with Crippen LogP contribution in [0, 0.1) is 0 Å². The summed E-state index contributed by atoms with van der Waals surface area (Å²) in [6, 6.07) is 0.988. The van der Waals surface area contributed by atoms with Crippen LogP contribution >= 0.6 is 0 Å². The average molecular weight is 215 g/mol. The monoisotopic (exact) mass is 215 g/mol. The molecule has 0 saturated carbocycles. The van der Waals surface area contributed by atoms with Gasteiger partial charge in [-0.25, -0.2) is 0 Å². The minimum Gasteiger partial charge on any atom is -0.481 e. The first-order valence-corrected chi connectivity index (χ1v) is 5.70. The normalized spacial score (nSPS) is 29.3. The minimum atomic E-state index is -0.928. The van der Waals surface area contributed by atoms with Crippen molar-refractivity contribution in [2.45, 2.75) is 57.7 Å². The molecule has 1 saturated heterocycles. The van der Waals surface area contributed by atoms with Crippen molar-refractivity contribution in [1.82, 2.24) is 4.90 Å². The van der Waals surface area contributed by atoms with Gasteiger partial charge in [0.2, 0.25) is 0 Å². The molecule has 0 aromatic heterocycles. The highest BCUT2D eigenvalue weighted by atomic mass is 16.4. The number of aliphatic hydroxyl groups excluding tert-OH is 1. The summed E-state index contributed by atoms with van der Waals surface area (Å²) < 4.78 is 0. The molecule has 0 aliphatic carbocycles. The molecule has 1 rings (SSSR count). The summed E-state index contributed by atoms with van der Waals surface area (Å²) in [6.07, 6.45) is 2.50. The molecule has 4 heteroatoms. The maximum absolute atomic E-state index is 10.4. The Morgan fingerprint density at radius 1 is 1.53 bits per heavy atom. The number of aliphatic carboxylic acids is 1. The number of likely N-dealkylation sites (tertiary alicyclic amines) is 1. The molecule has 0 aromatic carbocycles. The fourth-order valence-electron chi connectivity index (χ4n) is 2.40. The van der Waals surface area contributed by atoms with Crippen LogP contribution in [0.2, 0.25) is 0 Å². The molecule has 0 spiro atoms. The number of β-amino-alcohol motifs (C(OH)–C–C–N with tert-alkyl or cyclic N) is 1. The fourth-order valence-corrected chi connectivity index (χ4v) is 2.40. The SMILES string of the molecule is CCC1CCC(C)N1CC(O)CC(=O)O. The molecule has 1 aliphatic rings. The van der Waals surface area contributed by atoms with Crippen LogP contribution in [0.25, 0.3) is 0 Å². The van der Waals surface area contributed by atoms with Gasteiger partial charge in [0.25, 0.3) is 0 Å². The van der Waals surface area contributed by atoms with E-state index in [0.717, 1.165) is 19.3 Å². The van der Waals surface area contributed by atoms with Crippen LogP contribution in [0.4, 0.5) is 0 Å². The predicted octanol–water partition coefficient (Wildman–Crippen LogP) is 1.08. The Labute approximate surface area is 90.9 Å². The molecule has 88 valence electrons. The van der Waals surface area contributed by atoms with Crippen LogP contribution < -0.4 is 0 Å². The first kappa shape index (κ1) is 12.5. The van der Waals surface area contributed by atoms with Crippen molar-refractivity contribution in [3.63, 3.8) is 0 Å². The van der Waals surface area contributed by atoms with E-state index < -0.39 is 12.1 Å². The summed E-state index contributed by atoms with van der Waals surface area (Å²) in [5, 5.41) is 18.2. The number of hydrogen-bond donors (Lipinski definition) is 2. The van der Waals surface area contributed by atoms with E-state index in [9.17, 15) is 9.90 Å². The van der Waals surface area contributed by atoms with Crippen LogP contribution in [0.15, 0.2) is 0 Å². The van der Waals surface area contributed by atoms with Crippen molar-refractivity contribution in [2.75, 3.05) is 6.54 Å². The minimum absolute atomic E-state index is 0.153. The third-order valence-electron chi connectivity index (χ3n) is 3.26. The van der Waals surface area contributed by atoms with Crippen LogP contribution in [0.5, 0.6) is 0 Å². The van der Waals surface area contributed by atoms with Crippen molar-refractivity contribution in [3.05, 3.63) is 0 Å². The summed E-state index contributed by atoms with van der Waals surface area (Å²) in [4.78, 5) is 12.7. The lowest BCUT2D eigenvalue weighted by molar-refractivity contribution is -0.139. The van der Waals surface area contributed by atoms with Crippen LogP contribution in [0.3, 0.4) is 0 Å². The van der Waals surface area contributed by atoms with Crippen molar-refractivity contribution in [2.24, 2.45) is 0 Å². The number of nitrogens with zero attached hydrogens (tertiary/aromatic N) is 1. The molecule has 4 nitrogen and oxygen atoms in total. The number of carboxylic acids is 1. The summed E-state index contributed by atoms with van der Waals surface area (Å²) >= 11 is 0. The highest BCUT2D eigenvalue weighted by molar-refractivity contribution is 5.67. The van der Waals surface area contributed by atoms with E-state index in [-0.39, 0.29) is 6.42 Å². The maximum atomic E-state index is 10.4. The number of rotatable bonds is 5. The summed E-state index contributed by atoms with van der Waals surface area (Å²) in [7, 11) is 0. The third-order valence-corrected chi connectivity index (χ3v) is 3.26. The first-order chi connectivity index (χ1) is 7.04. The van der Waals surface area contributed by atoms with Crippen molar-refractivity contribution in [3.8, 4) is 0 Å². The van der Waals surface area contributed by atoms with Gasteiger partial charge in [-0.2, -0.15) is 0 Å². The van der Waals surface area contributed by atoms with Gasteiger partial charge in [0.05, 0.1) is 12.5 Å². The lowest BCUT2D eigenvalue weighted by Gasteiger charge is -2.29. The molecule has 3 atom stereocenters. The van der Waals surface area contributed by atoms with Crippen molar-refractivity contribution in [1.29, 1.82) is 0 Å². The highest BCUT2D eigenvalue weighted by Crippen LogP contribution is 2.26. The van der Waals surface area contributed by atoms with Gasteiger partial charge < -0.3 is 10.2 Å². The molecule has 0 radical (unpaired) electrons. The van der Waals surface area contributed by atoms with Crippen molar-refractivity contribution < 1.29 is 15.0 Å². The number of hydrogen-bond acceptors (Lipinski definition) is 3. The second kappa shape index (κ2) is 5.47. The second-order valence-electron chi connectivity index (χ2n) is 4.44. The molecule has 15 heavy (non-hydrogen) atoms. The topological polar surface area (TPSA) is 60.8 Å². The Hall–Kier alpha value is -0.610. The van der Waals surface area contributed by atoms with E-state index >= 15 is 0 Å². The second-order valence-corrected chi connectivity index (χ2v) is 4.44. The number of carboxylic acid groups (broad SMARTS) is 1. The molecular weight excluding hydrogens is 194 g/mol.